The summed E-state index contributed by atoms with van der Waals surface area (Å²) in [5.74, 6) is 0.0543. The number of nitrogens with one attached hydrogen (secondary N) is 1. The lowest BCUT2D eigenvalue weighted by Gasteiger charge is -2.03. The van der Waals surface area contributed by atoms with E-state index in [1.165, 1.54) is 18.3 Å². The maximum absolute atomic E-state index is 12.6. The Morgan fingerprint density at radius 2 is 1.90 bits per heavy atom. The van der Waals surface area contributed by atoms with Gasteiger partial charge in [-0.05, 0) is 18.2 Å². The van der Waals surface area contributed by atoms with Gasteiger partial charge in [-0.25, -0.2) is 8.42 Å². The van der Waals surface area contributed by atoms with E-state index < -0.39 is 9.84 Å². The van der Waals surface area contributed by atoms with Crippen molar-refractivity contribution in [1.82, 2.24) is 9.97 Å². The van der Waals surface area contributed by atoms with Crippen LogP contribution in [0.1, 0.15) is 0 Å². The number of pyridine rings is 1. The van der Waals surface area contributed by atoms with Crippen molar-refractivity contribution in [3.05, 3.63) is 47.6 Å². The molecule has 102 valence electrons. The molecule has 3 N–H and O–H groups in total. The second kappa shape index (κ2) is 4.50. The van der Waals surface area contributed by atoms with Crippen LogP contribution in [-0.2, 0) is 9.84 Å². The maximum Gasteiger partial charge on any atom is 0.212 e. The van der Waals surface area contributed by atoms with Crippen molar-refractivity contribution < 1.29 is 8.42 Å². The van der Waals surface area contributed by atoms with Gasteiger partial charge >= 0.3 is 0 Å². The number of fused-ring (bicyclic) bond motifs is 1. The number of benzene rings is 1. The van der Waals surface area contributed by atoms with Gasteiger partial charge in [0.2, 0.25) is 9.84 Å². The molecule has 3 rings (SSSR count). The molecule has 2 heterocycles. The SMILES string of the molecule is Nc1[nH]c2cc(Cl)cnc2c1S(=O)(=O)c1ccccc1. The number of rotatable bonds is 2. The van der Waals surface area contributed by atoms with E-state index in [0.717, 1.165) is 0 Å². The third kappa shape index (κ3) is 1.93. The van der Waals surface area contributed by atoms with Crippen LogP contribution in [0.15, 0.2) is 52.4 Å². The summed E-state index contributed by atoms with van der Waals surface area (Å²) in [7, 11) is -3.73. The molecule has 20 heavy (non-hydrogen) atoms. The number of aromatic nitrogens is 2. The molecule has 7 heteroatoms. The van der Waals surface area contributed by atoms with Crippen LogP contribution < -0.4 is 5.73 Å². The number of aromatic amines is 1. The highest BCUT2D eigenvalue weighted by molar-refractivity contribution is 7.91. The minimum Gasteiger partial charge on any atom is -0.384 e. The molecule has 0 bridgehead atoms. The summed E-state index contributed by atoms with van der Waals surface area (Å²) in [6, 6.07) is 9.68. The van der Waals surface area contributed by atoms with Crippen molar-refractivity contribution >= 4 is 38.3 Å². The van der Waals surface area contributed by atoms with Crippen LogP contribution in [0, 0.1) is 0 Å². The van der Waals surface area contributed by atoms with Gasteiger partial charge in [-0.15, -0.1) is 0 Å². The molecule has 0 aliphatic rings. The number of H-pyrrole nitrogens is 1. The van der Waals surface area contributed by atoms with Gasteiger partial charge in [-0.3, -0.25) is 4.98 Å². The van der Waals surface area contributed by atoms with Gasteiger partial charge in [0.15, 0.2) is 0 Å². The van der Waals surface area contributed by atoms with E-state index >= 15 is 0 Å². The van der Waals surface area contributed by atoms with Crippen LogP contribution in [0.4, 0.5) is 5.82 Å². The molecule has 0 amide bonds. The highest BCUT2D eigenvalue weighted by Crippen LogP contribution is 2.32. The summed E-state index contributed by atoms with van der Waals surface area (Å²) in [5, 5.41) is 0.405. The molecule has 0 unspecified atom stereocenters. The molecule has 0 atom stereocenters. The van der Waals surface area contributed by atoms with Crippen LogP contribution in [0.2, 0.25) is 5.02 Å². The number of hydrogen-bond donors (Lipinski definition) is 2. The number of sulfone groups is 1. The first-order chi connectivity index (χ1) is 9.50. The zero-order valence-electron chi connectivity index (χ0n) is 10.2. The molecule has 0 fully saturated rings. The number of halogens is 1. The van der Waals surface area contributed by atoms with E-state index in [0.29, 0.717) is 10.5 Å². The van der Waals surface area contributed by atoms with Crippen molar-refractivity contribution in [3.63, 3.8) is 0 Å². The number of anilines is 1. The normalized spacial score (nSPS) is 11.8. The molecule has 2 aromatic heterocycles. The van der Waals surface area contributed by atoms with E-state index in [9.17, 15) is 8.42 Å². The standard InChI is InChI=1S/C13H10ClN3O2S/c14-8-6-10-11(16-7-8)12(13(15)17-10)20(18,19)9-4-2-1-3-5-9/h1-7,17H,15H2. The van der Waals surface area contributed by atoms with Gasteiger partial charge in [-0.2, -0.15) is 0 Å². The number of nitrogen functional groups attached to an aromatic ring is 1. The Morgan fingerprint density at radius 1 is 1.20 bits per heavy atom. The minimum absolute atomic E-state index is 0.0182. The van der Waals surface area contributed by atoms with E-state index in [4.69, 9.17) is 17.3 Å². The number of nitrogens with zero attached hydrogens (tertiary/aromatic N) is 1. The first kappa shape index (κ1) is 13.0. The fraction of sp³-hybridized carbons (Fsp3) is 0. The predicted molar refractivity (Wildman–Crippen MR) is 77.4 cm³/mol. The van der Waals surface area contributed by atoms with Crippen LogP contribution in [0.5, 0.6) is 0 Å². The van der Waals surface area contributed by atoms with Gasteiger partial charge in [0.05, 0.1) is 15.4 Å². The Morgan fingerprint density at radius 3 is 2.60 bits per heavy atom. The minimum atomic E-state index is -3.73. The summed E-state index contributed by atoms with van der Waals surface area (Å²) in [4.78, 5) is 7.02. The van der Waals surface area contributed by atoms with E-state index in [-0.39, 0.29) is 21.1 Å². The van der Waals surface area contributed by atoms with Gasteiger partial charge in [0.25, 0.3) is 0 Å². The number of nitrogens with two attached hydrogens (primary N) is 1. The summed E-state index contributed by atoms with van der Waals surface area (Å²) in [5.41, 5.74) is 6.59. The van der Waals surface area contributed by atoms with E-state index in [2.05, 4.69) is 9.97 Å². The molecule has 0 saturated heterocycles. The van der Waals surface area contributed by atoms with Crippen molar-refractivity contribution in [3.8, 4) is 0 Å². The Kier molecular flexibility index (Phi) is 2.92. The summed E-state index contributed by atoms with van der Waals surface area (Å²) >= 11 is 5.84. The average molecular weight is 308 g/mol. The third-order valence-corrected chi connectivity index (χ3v) is 4.96. The van der Waals surface area contributed by atoms with Crippen LogP contribution in [0.3, 0.4) is 0 Å². The summed E-state index contributed by atoms with van der Waals surface area (Å²) in [6.45, 7) is 0. The molecule has 0 radical (unpaired) electrons. The van der Waals surface area contributed by atoms with Crippen LogP contribution in [-0.4, -0.2) is 18.4 Å². The molecule has 0 aliphatic heterocycles. The number of hydrogen-bond acceptors (Lipinski definition) is 4. The predicted octanol–water partition coefficient (Wildman–Crippen LogP) is 2.63. The van der Waals surface area contributed by atoms with Crippen molar-refractivity contribution in [2.45, 2.75) is 9.79 Å². The van der Waals surface area contributed by atoms with Crippen molar-refractivity contribution in [1.29, 1.82) is 0 Å². The second-order valence-corrected chi connectivity index (χ2v) is 6.56. The first-order valence-corrected chi connectivity index (χ1v) is 7.59. The topological polar surface area (TPSA) is 88.8 Å². The van der Waals surface area contributed by atoms with Gasteiger partial charge in [-0.1, -0.05) is 29.8 Å². The second-order valence-electron chi connectivity index (χ2n) is 4.23. The smallest absolute Gasteiger partial charge is 0.212 e. The largest absolute Gasteiger partial charge is 0.384 e. The van der Waals surface area contributed by atoms with E-state index in [1.807, 2.05) is 0 Å². The summed E-state index contributed by atoms with van der Waals surface area (Å²) in [6.07, 6.45) is 1.39. The van der Waals surface area contributed by atoms with Gasteiger partial charge in [0, 0.05) is 6.20 Å². The molecule has 0 spiro atoms. The van der Waals surface area contributed by atoms with Crippen molar-refractivity contribution in [2.75, 3.05) is 5.73 Å². The lowest BCUT2D eigenvalue weighted by Crippen LogP contribution is -2.04. The zero-order chi connectivity index (χ0) is 14.3. The average Bonchev–Trinajstić information content (AvgIpc) is 2.75. The Hall–Kier alpha value is -2.05. The Balaban J connectivity index is 2.32. The van der Waals surface area contributed by atoms with Crippen LogP contribution >= 0.6 is 11.6 Å². The van der Waals surface area contributed by atoms with Crippen molar-refractivity contribution in [2.24, 2.45) is 0 Å². The Labute approximate surface area is 120 Å². The molecular weight excluding hydrogens is 298 g/mol. The zero-order valence-corrected chi connectivity index (χ0v) is 11.7. The highest BCUT2D eigenvalue weighted by Gasteiger charge is 2.26. The van der Waals surface area contributed by atoms with Gasteiger partial charge in [0.1, 0.15) is 16.2 Å². The van der Waals surface area contributed by atoms with Crippen LogP contribution in [0.25, 0.3) is 11.0 Å². The maximum atomic E-state index is 12.6. The van der Waals surface area contributed by atoms with E-state index in [1.54, 1.807) is 24.3 Å². The van der Waals surface area contributed by atoms with Gasteiger partial charge < -0.3 is 10.7 Å². The third-order valence-electron chi connectivity index (χ3n) is 2.91. The molecule has 5 nitrogen and oxygen atoms in total. The monoisotopic (exact) mass is 307 g/mol. The lowest BCUT2D eigenvalue weighted by molar-refractivity contribution is 0.597. The first-order valence-electron chi connectivity index (χ1n) is 5.73. The molecular formula is C13H10ClN3O2S. The summed E-state index contributed by atoms with van der Waals surface area (Å²) < 4.78 is 25.3. The Bertz CT molecular complexity index is 889. The highest BCUT2D eigenvalue weighted by atomic mass is 35.5. The fourth-order valence-electron chi connectivity index (χ4n) is 2.03. The molecule has 0 aliphatic carbocycles. The fourth-order valence-corrected chi connectivity index (χ4v) is 3.70. The lowest BCUT2D eigenvalue weighted by atomic mass is 10.4. The molecule has 0 saturated carbocycles. The molecule has 3 aromatic rings. The quantitative estimate of drug-likeness (QED) is 0.761. The molecule has 1 aromatic carbocycles.